The van der Waals surface area contributed by atoms with Gasteiger partial charge in [-0.3, -0.25) is 9.59 Å². The van der Waals surface area contributed by atoms with Crippen LogP contribution in [-0.2, 0) is 11.0 Å². The van der Waals surface area contributed by atoms with Gasteiger partial charge in [0.15, 0.2) is 0 Å². The fourth-order valence-electron chi connectivity index (χ4n) is 3.16. The van der Waals surface area contributed by atoms with Crippen molar-refractivity contribution in [2.45, 2.75) is 32.4 Å². The molecule has 0 aliphatic carbocycles. The second-order valence-corrected chi connectivity index (χ2v) is 7.29. The summed E-state index contributed by atoms with van der Waals surface area (Å²) in [7, 11) is 0. The van der Waals surface area contributed by atoms with Crippen LogP contribution in [0.2, 0.25) is 0 Å². The lowest BCUT2D eigenvalue weighted by Gasteiger charge is -2.34. The van der Waals surface area contributed by atoms with E-state index in [1.165, 1.54) is 0 Å². The highest BCUT2D eigenvalue weighted by atomic mass is 19.4. The van der Waals surface area contributed by atoms with Gasteiger partial charge in [0, 0.05) is 57.1 Å². The number of amides is 1. The van der Waals surface area contributed by atoms with E-state index < -0.39 is 11.7 Å². The summed E-state index contributed by atoms with van der Waals surface area (Å²) in [5, 5.41) is 9.41. The SMILES string of the molecule is Cc1cc(NCCCCC(=O)N2CCN(c3ncc(C(F)(F)F)cn3)CC2)n[nH]c1=O. The molecule has 1 aliphatic rings. The Morgan fingerprint density at radius 2 is 1.84 bits per heavy atom. The number of carbonyl (C=O) groups is 1. The Balaban J connectivity index is 1.36. The molecule has 3 rings (SSSR count). The van der Waals surface area contributed by atoms with Gasteiger partial charge in [-0.2, -0.15) is 18.3 Å². The van der Waals surface area contributed by atoms with Crippen molar-refractivity contribution in [3.8, 4) is 0 Å². The lowest BCUT2D eigenvalue weighted by atomic mass is 10.2. The third-order valence-electron chi connectivity index (χ3n) is 4.99. The normalized spacial score (nSPS) is 14.6. The first-order chi connectivity index (χ1) is 14.7. The first-order valence-electron chi connectivity index (χ1n) is 9.96. The van der Waals surface area contributed by atoms with E-state index in [4.69, 9.17) is 0 Å². The number of nitrogens with one attached hydrogen (secondary N) is 2. The third kappa shape index (κ3) is 6.15. The fraction of sp³-hybridized carbons (Fsp3) is 0.526. The summed E-state index contributed by atoms with van der Waals surface area (Å²) < 4.78 is 37.8. The lowest BCUT2D eigenvalue weighted by molar-refractivity contribution is -0.138. The Hall–Kier alpha value is -3.18. The minimum atomic E-state index is -4.46. The molecule has 0 aromatic carbocycles. The van der Waals surface area contributed by atoms with Crippen molar-refractivity contribution in [3.05, 3.63) is 39.9 Å². The van der Waals surface area contributed by atoms with E-state index >= 15 is 0 Å². The highest BCUT2D eigenvalue weighted by Gasteiger charge is 2.32. The van der Waals surface area contributed by atoms with E-state index in [1.807, 2.05) is 0 Å². The number of alkyl halides is 3. The Kier molecular flexibility index (Phi) is 7.08. The van der Waals surface area contributed by atoms with Gasteiger partial charge in [-0.1, -0.05) is 0 Å². The zero-order valence-corrected chi connectivity index (χ0v) is 17.1. The van der Waals surface area contributed by atoms with Gasteiger partial charge < -0.3 is 15.1 Å². The summed E-state index contributed by atoms with van der Waals surface area (Å²) in [4.78, 5) is 34.8. The Morgan fingerprint density at radius 3 is 2.45 bits per heavy atom. The van der Waals surface area contributed by atoms with E-state index in [9.17, 15) is 22.8 Å². The van der Waals surface area contributed by atoms with Crippen molar-refractivity contribution < 1.29 is 18.0 Å². The number of aryl methyl sites for hydroxylation is 1. The number of unbranched alkanes of at least 4 members (excludes halogenated alkanes) is 1. The van der Waals surface area contributed by atoms with Crippen LogP contribution < -0.4 is 15.8 Å². The minimum Gasteiger partial charge on any atom is -0.369 e. The third-order valence-corrected chi connectivity index (χ3v) is 4.99. The van der Waals surface area contributed by atoms with Crippen LogP contribution >= 0.6 is 0 Å². The Bertz CT molecular complexity index is 939. The molecule has 1 saturated heterocycles. The van der Waals surface area contributed by atoms with Gasteiger partial charge in [0.1, 0.15) is 5.82 Å². The molecule has 0 radical (unpaired) electrons. The molecule has 1 fully saturated rings. The van der Waals surface area contributed by atoms with Crippen molar-refractivity contribution in [1.29, 1.82) is 0 Å². The van der Waals surface area contributed by atoms with E-state index in [1.54, 1.807) is 22.8 Å². The first kappa shape index (κ1) is 22.5. The van der Waals surface area contributed by atoms with Gasteiger partial charge >= 0.3 is 6.18 Å². The minimum absolute atomic E-state index is 0.0472. The Morgan fingerprint density at radius 1 is 1.16 bits per heavy atom. The maximum atomic E-state index is 12.6. The zero-order chi connectivity index (χ0) is 22.4. The van der Waals surface area contributed by atoms with Gasteiger partial charge in [-0.25, -0.2) is 15.1 Å². The monoisotopic (exact) mass is 439 g/mol. The molecular formula is C19H24F3N7O2. The maximum Gasteiger partial charge on any atom is 0.419 e. The Labute approximate surface area is 176 Å². The van der Waals surface area contributed by atoms with Crippen LogP contribution in [0, 0.1) is 6.92 Å². The summed E-state index contributed by atoms with van der Waals surface area (Å²) in [6.45, 7) is 4.22. The fourth-order valence-corrected chi connectivity index (χ4v) is 3.16. The zero-order valence-electron chi connectivity index (χ0n) is 17.1. The second-order valence-electron chi connectivity index (χ2n) is 7.29. The predicted molar refractivity (Wildman–Crippen MR) is 108 cm³/mol. The van der Waals surface area contributed by atoms with Gasteiger partial charge in [0.25, 0.3) is 5.56 Å². The number of H-pyrrole nitrogens is 1. The number of nitrogens with zero attached hydrogens (tertiary/aromatic N) is 5. The quantitative estimate of drug-likeness (QED) is 0.634. The molecule has 2 aromatic rings. The summed E-state index contributed by atoms with van der Waals surface area (Å²) in [6.07, 6.45) is -1.03. The standard InChI is InChI=1S/C19H24F3N7O2/c1-13-10-15(26-27-17(13)31)23-5-3-2-4-16(30)28-6-8-29(9-7-28)18-24-11-14(12-25-18)19(20,21)22/h10-12H,2-9H2,1H3,(H,23,26)(H,27,31). The molecule has 1 aliphatic heterocycles. The van der Waals surface area contributed by atoms with Crippen LogP contribution in [0.25, 0.3) is 0 Å². The summed E-state index contributed by atoms with van der Waals surface area (Å²) in [5.74, 6) is 0.869. The highest BCUT2D eigenvalue weighted by molar-refractivity contribution is 5.76. The largest absolute Gasteiger partial charge is 0.419 e. The number of rotatable bonds is 7. The molecule has 0 atom stereocenters. The van der Waals surface area contributed by atoms with Crippen LogP contribution in [0.1, 0.15) is 30.4 Å². The molecule has 12 heteroatoms. The molecule has 3 heterocycles. The van der Waals surface area contributed by atoms with Crippen molar-refractivity contribution >= 4 is 17.7 Å². The van der Waals surface area contributed by atoms with Crippen LogP contribution in [0.4, 0.5) is 24.9 Å². The molecule has 0 saturated carbocycles. The molecule has 2 N–H and O–H groups in total. The van der Waals surface area contributed by atoms with Crippen LogP contribution in [0.15, 0.2) is 23.3 Å². The summed E-state index contributed by atoms with van der Waals surface area (Å²) in [5.41, 5.74) is -0.527. The van der Waals surface area contributed by atoms with E-state index in [2.05, 4.69) is 25.5 Å². The molecular weight excluding hydrogens is 415 g/mol. The van der Waals surface area contributed by atoms with Crippen LogP contribution in [-0.4, -0.2) is 63.7 Å². The number of hydrogen-bond donors (Lipinski definition) is 2. The van der Waals surface area contributed by atoms with Crippen molar-refractivity contribution in [3.63, 3.8) is 0 Å². The number of aromatic amines is 1. The lowest BCUT2D eigenvalue weighted by Crippen LogP contribution is -2.49. The molecule has 0 bridgehead atoms. The molecule has 0 unspecified atom stereocenters. The van der Waals surface area contributed by atoms with Gasteiger partial charge in [-0.15, -0.1) is 0 Å². The van der Waals surface area contributed by atoms with Gasteiger partial charge in [0.05, 0.1) is 5.56 Å². The summed E-state index contributed by atoms with van der Waals surface area (Å²) in [6, 6.07) is 1.67. The van der Waals surface area contributed by atoms with Gasteiger partial charge in [-0.05, 0) is 25.8 Å². The molecule has 9 nitrogen and oxygen atoms in total. The topological polar surface area (TPSA) is 107 Å². The first-order valence-corrected chi connectivity index (χ1v) is 9.96. The molecule has 168 valence electrons. The van der Waals surface area contributed by atoms with E-state index in [-0.39, 0.29) is 17.4 Å². The maximum absolute atomic E-state index is 12.6. The number of anilines is 2. The molecule has 2 aromatic heterocycles. The molecule has 0 spiro atoms. The smallest absolute Gasteiger partial charge is 0.369 e. The molecule has 31 heavy (non-hydrogen) atoms. The second kappa shape index (κ2) is 9.75. The van der Waals surface area contributed by atoms with Gasteiger partial charge in [0.2, 0.25) is 11.9 Å². The van der Waals surface area contributed by atoms with Crippen molar-refractivity contribution in [1.82, 2.24) is 25.1 Å². The van der Waals surface area contributed by atoms with Crippen LogP contribution in [0.5, 0.6) is 0 Å². The number of piperazine rings is 1. The summed E-state index contributed by atoms with van der Waals surface area (Å²) >= 11 is 0. The number of halogens is 3. The highest BCUT2D eigenvalue weighted by Crippen LogP contribution is 2.28. The molecule has 1 amide bonds. The average molecular weight is 439 g/mol. The number of aromatic nitrogens is 4. The van der Waals surface area contributed by atoms with Crippen molar-refractivity contribution in [2.75, 3.05) is 42.9 Å². The predicted octanol–water partition coefficient (Wildman–Crippen LogP) is 1.82. The van der Waals surface area contributed by atoms with Crippen LogP contribution in [0.3, 0.4) is 0 Å². The van der Waals surface area contributed by atoms with E-state index in [0.717, 1.165) is 18.8 Å². The number of hydrogen-bond acceptors (Lipinski definition) is 7. The number of carbonyl (C=O) groups excluding carboxylic acids is 1. The van der Waals surface area contributed by atoms with E-state index in [0.29, 0.717) is 56.9 Å². The van der Waals surface area contributed by atoms with Crippen molar-refractivity contribution in [2.24, 2.45) is 0 Å². The average Bonchev–Trinajstić information content (AvgIpc) is 2.75.